The quantitative estimate of drug-likeness (QED) is 0.654. The van der Waals surface area contributed by atoms with E-state index >= 15 is 0 Å². The highest BCUT2D eigenvalue weighted by molar-refractivity contribution is 6.31. The summed E-state index contributed by atoms with van der Waals surface area (Å²) < 4.78 is 40.3. The largest absolute Gasteiger partial charge is 0.416 e. The van der Waals surface area contributed by atoms with Gasteiger partial charge in [0, 0.05) is 16.8 Å². The van der Waals surface area contributed by atoms with Gasteiger partial charge in [0.25, 0.3) is 5.91 Å². The van der Waals surface area contributed by atoms with Gasteiger partial charge in [-0.25, -0.2) is 9.97 Å². The van der Waals surface area contributed by atoms with Gasteiger partial charge in [0.2, 0.25) is 0 Å². The maximum absolute atomic E-state index is 13.0. The third-order valence-corrected chi connectivity index (χ3v) is 4.22. The smallest absolute Gasteiger partial charge is 0.392 e. The van der Waals surface area contributed by atoms with Crippen molar-refractivity contribution in [3.63, 3.8) is 0 Å². The van der Waals surface area contributed by atoms with Crippen LogP contribution in [0, 0.1) is 0 Å². The average Bonchev–Trinajstić information content (AvgIpc) is 3.17. The molecular weight excluding hydrogens is 411 g/mol. The first-order chi connectivity index (χ1) is 13.7. The minimum atomic E-state index is -4.63. The van der Waals surface area contributed by atoms with Crippen molar-refractivity contribution in [3.05, 3.63) is 70.4 Å². The standard InChI is InChI=1S/C18H15ClF3N5O2/c1-10(16-24-9-25-27(16)15-3-2-11(8-28)7-23-15)26-17(29)12-4-13(18(20,21)22)6-14(19)5-12/h2-7,9-10,28H,8H2,1H3,(H,26,29)/t10-/m0/s1. The topological polar surface area (TPSA) is 92.9 Å². The van der Waals surface area contributed by atoms with Crippen molar-refractivity contribution in [3.8, 4) is 5.82 Å². The van der Waals surface area contributed by atoms with Crippen LogP contribution < -0.4 is 5.32 Å². The van der Waals surface area contributed by atoms with Crippen molar-refractivity contribution in [1.82, 2.24) is 25.1 Å². The second-order valence-corrected chi connectivity index (χ2v) is 6.57. The van der Waals surface area contributed by atoms with E-state index in [0.29, 0.717) is 17.2 Å². The third kappa shape index (κ3) is 4.72. The number of rotatable bonds is 5. The number of pyridine rings is 1. The van der Waals surface area contributed by atoms with Crippen LogP contribution in [0.2, 0.25) is 5.02 Å². The number of aliphatic hydroxyl groups excluding tert-OH is 1. The summed E-state index contributed by atoms with van der Waals surface area (Å²) in [4.78, 5) is 20.7. The summed E-state index contributed by atoms with van der Waals surface area (Å²) in [6.07, 6.45) is -1.90. The van der Waals surface area contributed by atoms with E-state index in [4.69, 9.17) is 16.7 Å². The summed E-state index contributed by atoms with van der Waals surface area (Å²) >= 11 is 5.73. The lowest BCUT2D eigenvalue weighted by Crippen LogP contribution is -2.29. The van der Waals surface area contributed by atoms with Crippen molar-refractivity contribution < 1.29 is 23.1 Å². The van der Waals surface area contributed by atoms with Gasteiger partial charge in [-0.2, -0.15) is 23.0 Å². The Bertz CT molecular complexity index is 1020. The number of carbonyl (C=O) groups is 1. The summed E-state index contributed by atoms with van der Waals surface area (Å²) in [5.41, 5.74) is -0.634. The van der Waals surface area contributed by atoms with Gasteiger partial charge in [0.15, 0.2) is 11.6 Å². The second-order valence-electron chi connectivity index (χ2n) is 6.13. The molecule has 0 bridgehead atoms. The van der Waals surface area contributed by atoms with E-state index in [-0.39, 0.29) is 17.2 Å². The molecule has 2 heterocycles. The molecule has 0 fully saturated rings. The molecule has 0 unspecified atom stereocenters. The van der Waals surface area contributed by atoms with Gasteiger partial charge >= 0.3 is 6.18 Å². The fraction of sp³-hybridized carbons (Fsp3) is 0.222. The minimum Gasteiger partial charge on any atom is -0.392 e. The number of benzene rings is 1. The molecule has 0 saturated carbocycles. The van der Waals surface area contributed by atoms with Gasteiger partial charge in [-0.15, -0.1) is 0 Å². The number of hydrogen-bond donors (Lipinski definition) is 2. The second kappa shape index (κ2) is 8.18. The molecule has 1 aromatic carbocycles. The molecule has 7 nitrogen and oxygen atoms in total. The molecule has 11 heteroatoms. The Morgan fingerprint density at radius 2 is 2.03 bits per heavy atom. The fourth-order valence-electron chi connectivity index (χ4n) is 2.59. The van der Waals surface area contributed by atoms with E-state index in [1.165, 1.54) is 17.2 Å². The Hall–Kier alpha value is -2.98. The van der Waals surface area contributed by atoms with Crippen LogP contribution in [-0.4, -0.2) is 30.8 Å². The van der Waals surface area contributed by atoms with Crippen LogP contribution in [0.4, 0.5) is 13.2 Å². The van der Waals surface area contributed by atoms with Crippen LogP contribution in [0.25, 0.3) is 5.82 Å². The van der Waals surface area contributed by atoms with E-state index in [1.807, 2.05) is 0 Å². The predicted molar refractivity (Wildman–Crippen MR) is 97.4 cm³/mol. The molecule has 1 amide bonds. The lowest BCUT2D eigenvalue weighted by Gasteiger charge is -2.15. The van der Waals surface area contributed by atoms with Crippen molar-refractivity contribution in [2.75, 3.05) is 0 Å². The maximum atomic E-state index is 13.0. The average molecular weight is 426 g/mol. The number of halogens is 4. The van der Waals surface area contributed by atoms with E-state index in [0.717, 1.165) is 18.2 Å². The van der Waals surface area contributed by atoms with Gasteiger partial charge in [-0.3, -0.25) is 4.79 Å². The zero-order valence-corrected chi connectivity index (χ0v) is 15.7. The molecule has 3 aromatic rings. The Labute approximate surface area is 168 Å². The molecule has 1 atom stereocenters. The van der Waals surface area contributed by atoms with Gasteiger partial charge in [0.05, 0.1) is 18.2 Å². The Kier molecular flexibility index (Phi) is 5.85. The zero-order chi connectivity index (χ0) is 21.2. The summed E-state index contributed by atoms with van der Waals surface area (Å²) in [6, 6.07) is 5.21. The highest BCUT2D eigenvalue weighted by Crippen LogP contribution is 2.32. The molecule has 0 aliphatic heterocycles. The SMILES string of the molecule is C[C@H](NC(=O)c1cc(Cl)cc(C(F)(F)F)c1)c1ncnn1-c1ccc(CO)cn1. The van der Waals surface area contributed by atoms with E-state index in [2.05, 4.69) is 20.4 Å². The number of hydrogen-bond acceptors (Lipinski definition) is 5. The maximum Gasteiger partial charge on any atom is 0.416 e. The van der Waals surface area contributed by atoms with E-state index < -0.39 is 23.7 Å². The number of carbonyl (C=O) groups excluding carboxylic acids is 1. The highest BCUT2D eigenvalue weighted by Gasteiger charge is 2.32. The van der Waals surface area contributed by atoms with Crippen molar-refractivity contribution in [1.29, 1.82) is 0 Å². The molecule has 0 saturated heterocycles. The number of nitrogens with zero attached hydrogens (tertiary/aromatic N) is 4. The molecule has 3 rings (SSSR count). The molecule has 0 radical (unpaired) electrons. The van der Waals surface area contributed by atoms with Crippen LogP contribution in [-0.2, 0) is 12.8 Å². The third-order valence-electron chi connectivity index (χ3n) is 4.01. The molecule has 0 aliphatic rings. The minimum absolute atomic E-state index is 0.163. The van der Waals surface area contributed by atoms with Crippen molar-refractivity contribution >= 4 is 17.5 Å². The first-order valence-corrected chi connectivity index (χ1v) is 8.71. The summed E-state index contributed by atoms with van der Waals surface area (Å²) in [6.45, 7) is 1.44. The lowest BCUT2D eigenvalue weighted by molar-refractivity contribution is -0.137. The molecule has 2 N–H and O–H groups in total. The first-order valence-electron chi connectivity index (χ1n) is 8.33. The van der Waals surface area contributed by atoms with Gasteiger partial charge < -0.3 is 10.4 Å². The number of aliphatic hydroxyl groups is 1. The van der Waals surface area contributed by atoms with Crippen LogP contribution in [0.3, 0.4) is 0 Å². The molecule has 0 spiro atoms. The van der Waals surface area contributed by atoms with Crippen molar-refractivity contribution in [2.24, 2.45) is 0 Å². The predicted octanol–water partition coefficient (Wildman–Crippen LogP) is 3.32. The number of nitrogens with one attached hydrogen (secondary N) is 1. The summed E-state index contributed by atoms with van der Waals surface area (Å²) in [7, 11) is 0. The van der Waals surface area contributed by atoms with Gasteiger partial charge in [-0.1, -0.05) is 17.7 Å². The van der Waals surface area contributed by atoms with Gasteiger partial charge in [-0.05, 0) is 36.8 Å². The zero-order valence-electron chi connectivity index (χ0n) is 15.0. The summed E-state index contributed by atoms with van der Waals surface area (Å²) in [5, 5.41) is 15.5. The molecular formula is C18H15ClF3N5O2. The van der Waals surface area contributed by atoms with E-state index in [9.17, 15) is 18.0 Å². The lowest BCUT2D eigenvalue weighted by atomic mass is 10.1. The number of amides is 1. The van der Waals surface area contributed by atoms with Crippen LogP contribution >= 0.6 is 11.6 Å². The van der Waals surface area contributed by atoms with Crippen molar-refractivity contribution in [2.45, 2.75) is 25.7 Å². The summed E-state index contributed by atoms with van der Waals surface area (Å²) in [5.74, 6) is -0.0257. The number of aromatic nitrogens is 4. The molecule has 0 aliphatic carbocycles. The first kappa shape index (κ1) is 20.7. The van der Waals surface area contributed by atoms with Crippen LogP contribution in [0.15, 0.2) is 42.9 Å². The molecule has 2 aromatic heterocycles. The van der Waals surface area contributed by atoms with Crippen LogP contribution in [0.1, 0.15) is 40.3 Å². The Balaban J connectivity index is 1.83. The van der Waals surface area contributed by atoms with E-state index in [1.54, 1.807) is 19.1 Å². The highest BCUT2D eigenvalue weighted by atomic mass is 35.5. The monoisotopic (exact) mass is 425 g/mol. The number of alkyl halides is 3. The van der Waals surface area contributed by atoms with Crippen LogP contribution in [0.5, 0.6) is 0 Å². The normalized spacial score (nSPS) is 12.6. The van der Waals surface area contributed by atoms with Gasteiger partial charge in [0.1, 0.15) is 6.33 Å². The Morgan fingerprint density at radius 3 is 2.66 bits per heavy atom. The fourth-order valence-corrected chi connectivity index (χ4v) is 2.82. The Morgan fingerprint density at radius 1 is 1.28 bits per heavy atom. The molecule has 152 valence electrons. The molecule has 29 heavy (non-hydrogen) atoms.